The van der Waals surface area contributed by atoms with Gasteiger partial charge in [-0.2, -0.15) is 0 Å². The van der Waals surface area contributed by atoms with E-state index in [9.17, 15) is 13.2 Å². The molecule has 0 saturated heterocycles. The molecule has 7 heteroatoms. The fourth-order valence-corrected chi connectivity index (χ4v) is 9.57. The fourth-order valence-electron chi connectivity index (χ4n) is 4.50. The molecule has 1 unspecified atom stereocenters. The predicted molar refractivity (Wildman–Crippen MR) is 137 cm³/mol. The van der Waals surface area contributed by atoms with Crippen molar-refractivity contribution in [1.82, 2.24) is 0 Å². The quantitative estimate of drug-likeness (QED) is 0.446. The normalized spacial score (nSPS) is 21.1. The van der Waals surface area contributed by atoms with Crippen molar-refractivity contribution >= 4 is 32.0 Å². The van der Waals surface area contributed by atoms with E-state index in [1.165, 1.54) is 0 Å². The molecule has 0 fully saturated rings. The van der Waals surface area contributed by atoms with Gasteiger partial charge in [0.05, 0.1) is 24.0 Å². The minimum Gasteiger partial charge on any atom is -0.410 e. The molecule has 2 aliphatic carbocycles. The van der Waals surface area contributed by atoms with Crippen molar-refractivity contribution < 1.29 is 17.6 Å². The minimum atomic E-state index is -3.66. The summed E-state index contributed by atoms with van der Waals surface area (Å²) in [6.45, 7) is 17.6. The van der Waals surface area contributed by atoms with E-state index in [0.29, 0.717) is 16.2 Å². The minimum absolute atomic E-state index is 0.0324. The van der Waals surface area contributed by atoms with Crippen LogP contribution in [0.5, 0.6) is 0 Å². The van der Waals surface area contributed by atoms with Crippen molar-refractivity contribution in [1.29, 1.82) is 0 Å². The smallest absolute Gasteiger partial charge is 0.203 e. The Labute approximate surface area is 196 Å². The molecule has 0 bridgehead atoms. The average molecular weight is 491 g/mol. The molecule has 0 amide bonds. The maximum atomic E-state index is 13.7. The average Bonchev–Trinajstić information content (AvgIpc) is 2.91. The monoisotopic (exact) mass is 490 g/mol. The van der Waals surface area contributed by atoms with Crippen LogP contribution >= 0.6 is 0 Å². The van der Waals surface area contributed by atoms with Crippen molar-refractivity contribution in [2.75, 3.05) is 0 Å². The van der Waals surface area contributed by atoms with Crippen LogP contribution < -0.4 is 0 Å². The molecule has 2 aliphatic rings. The summed E-state index contributed by atoms with van der Waals surface area (Å²) < 4.78 is 34.3. The third-order valence-corrected chi connectivity index (χ3v) is 15.6. The zero-order valence-electron chi connectivity index (χ0n) is 20.8. The van der Waals surface area contributed by atoms with E-state index in [0.717, 1.165) is 29.2 Å². The van der Waals surface area contributed by atoms with E-state index in [-0.39, 0.29) is 23.3 Å². The Morgan fingerprint density at radius 3 is 2.12 bits per heavy atom. The third-order valence-electron chi connectivity index (χ3n) is 7.11. The van der Waals surface area contributed by atoms with Gasteiger partial charge in [-0.25, -0.2) is 8.42 Å². The summed E-state index contributed by atoms with van der Waals surface area (Å²) in [5.74, 6) is 0.0978. The van der Waals surface area contributed by atoms with E-state index in [1.54, 1.807) is 24.3 Å². The van der Waals surface area contributed by atoms with E-state index in [2.05, 4.69) is 53.5 Å². The number of carbonyl (C=O) groups is 1. The number of rotatable bonds is 5. The van der Waals surface area contributed by atoms with Crippen LogP contribution in [-0.4, -0.2) is 36.7 Å². The Morgan fingerprint density at radius 1 is 1.00 bits per heavy atom. The molecule has 32 heavy (non-hydrogen) atoms. The molecule has 0 aliphatic heterocycles. The largest absolute Gasteiger partial charge is 0.410 e. The van der Waals surface area contributed by atoms with Gasteiger partial charge >= 0.3 is 0 Å². The predicted octanol–water partition coefficient (Wildman–Crippen LogP) is 6.44. The molecule has 0 N–H and O–H groups in total. The van der Waals surface area contributed by atoms with Crippen molar-refractivity contribution in [3.8, 4) is 0 Å². The Kier molecular flexibility index (Phi) is 6.72. The zero-order valence-corrected chi connectivity index (χ0v) is 23.7. The Bertz CT molecular complexity index is 1070. The maximum absolute atomic E-state index is 13.7. The van der Waals surface area contributed by atoms with Crippen LogP contribution in [0, 0.1) is 0 Å². The van der Waals surface area contributed by atoms with Crippen molar-refractivity contribution in [3.05, 3.63) is 51.6 Å². The van der Waals surface area contributed by atoms with Crippen LogP contribution in [0.15, 0.2) is 56.5 Å². The molecular formula is C25H38O4SSi2. The molecule has 0 spiro atoms. The molecule has 3 rings (SSSR count). The Balaban J connectivity index is 2.25. The third kappa shape index (κ3) is 4.67. The summed E-state index contributed by atoms with van der Waals surface area (Å²) in [6, 6.07) is 8.62. The van der Waals surface area contributed by atoms with Crippen LogP contribution in [-0.2, 0) is 19.1 Å². The Morgan fingerprint density at radius 2 is 1.59 bits per heavy atom. The maximum Gasteiger partial charge on any atom is 0.203 e. The lowest BCUT2D eigenvalue weighted by Gasteiger charge is -2.40. The molecule has 0 saturated carbocycles. The lowest BCUT2D eigenvalue weighted by Crippen LogP contribution is -2.45. The van der Waals surface area contributed by atoms with Gasteiger partial charge in [0.2, 0.25) is 9.84 Å². The first-order valence-corrected chi connectivity index (χ1v) is 19.4. The van der Waals surface area contributed by atoms with Gasteiger partial charge in [-0.15, -0.1) is 0 Å². The van der Waals surface area contributed by atoms with E-state index < -0.39 is 26.2 Å². The first-order valence-electron chi connectivity index (χ1n) is 11.6. The molecule has 1 atom stereocenters. The number of allylic oxidation sites excluding steroid dienone is 2. The SMILES string of the molecule is CC(C)(C)[Si](C)(C)OC1CCCC(S(=O)(=O)c2ccccc2)=C2CC(=O)C([Si](C)(C)C)=C21. The van der Waals surface area contributed by atoms with E-state index >= 15 is 0 Å². The van der Waals surface area contributed by atoms with Crippen molar-refractivity contribution in [2.45, 2.75) is 95.2 Å². The second-order valence-corrected chi connectivity index (χ2v) is 23.3. The molecule has 176 valence electrons. The highest BCUT2D eigenvalue weighted by atomic mass is 32.2. The number of carbonyl (C=O) groups excluding carboxylic acids is 1. The van der Waals surface area contributed by atoms with Gasteiger partial charge in [-0.3, -0.25) is 4.79 Å². The highest BCUT2D eigenvalue weighted by Gasteiger charge is 2.46. The van der Waals surface area contributed by atoms with Crippen LogP contribution in [0.2, 0.25) is 37.8 Å². The first-order chi connectivity index (χ1) is 14.6. The number of hydrogen-bond donors (Lipinski definition) is 0. The van der Waals surface area contributed by atoms with Gasteiger partial charge in [-0.05, 0) is 65.9 Å². The number of Topliss-reactive ketones (excluding diaryl/α,β-unsaturated/α-hetero) is 1. The van der Waals surface area contributed by atoms with Crippen LogP contribution in [0.25, 0.3) is 0 Å². The van der Waals surface area contributed by atoms with Crippen LogP contribution in [0.1, 0.15) is 46.5 Å². The number of ketones is 1. The standard InChI is InChI=1S/C25H38O4SSi2/c1-25(2,3)32(7,8)29-21-15-12-16-22(30(27,28)18-13-10-9-11-14-18)19-17-20(26)24(23(19)21)31(4,5)6/h9-11,13-14,21H,12,15-17H2,1-8H3. The topological polar surface area (TPSA) is 60.4 Å². The van der Waals surface area contributed by atoms with Crippen molar-refractivity contribution in [2.24, 2.45) is 0 Å². The summed E-state index contributed by atoms with van der Waals surface area (Å²) in [5.41, 5.74) is 1.66. The lowest BCUT2D eigenvalue weighted by atomic mass is 10.0. The second kappa shape index (κ2) is 8.49. The van der Waals surface area contributed by atoms with Gasteiger partial charge in [0.25, 0.3) is 0 Å². The lowest BCUT2D eigenvalue weighted by molar-refractivity contribution is -0.114. The van der Waals surface area contributed by atoms with E-state index in [1.807, 2.05) is 6.07 Å². The van der Waals surface area contributed by atoms with Crippen LogP contribution in [0.4, 0.5) is 0 Å². The van der Waals surface area contributed by atoms with Crippen molar-refractivity contribution in [3.63, 3.8) is 0 Å². The fraction of sp³-hybridized carbons (Fsp3) is 0.560. The van der Waals surface area contributed by atoms with Gasteiger partial charge in [-0.1, -0.05) is 58.6 Å². The number of benzene rings is 1. The molecule has 4 nitrogen and oxygen atoms in total. The summed E-state index contributed by atoms with van der Waals surface area (Å²) >= 11 is 0. The van der Waals surface area contributed by atoms with Crippen LogP contribution in [0.3, 0.4) is 0 Å². The van der Waals surface area contributed by atoms with Gasteiger partial charge in [0, 0.05) is 6.42 Å². The number of hydrogen-bond acceptors (Lipinski definition) is 4. The number of sulfone groups is 1. The molecule has 0 radical (unpaired) electrons. The summed E-state index contributed by atoms with van der Waals surface area (Å²) in [7, 11) is -7.79. The first kappa shape index (κ1) is 25.3. The van der Waals surface area contributed by atoms with Gasteiger partial charge in [0.1, 0.15) is 0 Å². The summed E-state index contributed by atoms with van der Waals surface area (Å²) in [4.78, 5) is 14.1. The second-order valence-electron chi connectivity index (χ2n) is 11.6. The summed E-state index contributed by atoms with van der Waals surface area (Å²) in [5, 5.41) is 0.920. The Hall–Kier alpha value is -1.29. The zero-order chi connectivity index (χ0) is 24.1. The van der Waals surface area contributed by atoms with Gasteiger partial charge in [0.15, 0.2) is 14.1 Å². The molecular weight excluding hydrogens is 453 g/mol. The molecule has 1 aromatic carbocycles. The highest BCUT2D eigenvalue weighted by molar-refractivity contribution is 7.95. The van der Waals surface area contributed by atoms with E-state index in [4.69, 9.17) is 4.43 Å². The molecule has 1 aromatic rings. The summed E-state index contributed by atoms with van der Waals surface area (Å²) in [6.07, 6.45) is 1.93. The van der Waals surface area contributed by atoms with Gasteiger partial charge < -0.3 is 4.43 Å². The highest BCUT2D eigenvalue weighted by Crippen LogP contribution is 2.47. The molecule has 0 heterocycles. The molecule has 0 aromatic heterocycles. The number of fused-ring (bicyclic) bond motifs is 1.